The minimum absolute atomic E-state index is 0.261. The van der Waals surface area contributed by atoms with Crippen molar-refractivity contribution in [2.45, 2.75) is 38.0 Å². The van der Waals surface area contributed by atoms with Crippen LogP contribution in [0.25, 0.3) is 0 Å². The first kappa shape index (κ1) is 16.3. The summed E-state index contributed by atoms with van der Waals surface area (Å²) in [7, 11) is 1.99. The molecule has 0 bridgehead atoms. The fraction of sp³-hybridized carbons (Fsp3) is 0.625. The third kappa shape index (κ3) is 4.71. The molecule has 2 nitrogen and oxygen atoms in total. The normalized spacial score (nSPS) is 23.7. The summed E-state index contributed by atoms with van der Waals surface area (Å²) < 4.78 is 37.8. The summed E-state index contributed by atoms with van der Waals surface area (Å²) in [5.41, 5.74) is 0.154. The highest BCUT2D eigenvalue weighted by atomic mass is 19.4. The third-order valence-electron chi connectivity index (χ3n) is 4.13. The van der Waals surface area contributed by atoms with Crippen molar-refractivity contribution in [1.82, 2.24) is 4.90 Å². The number of hydrogen-bond acceptors (Lipinski definition) is 2. The standard InChI is InChI=1S/C16H22F3NO/c1-20-10-13(15(21)11-20)7-3-2-5-12-6-4-8-14(9-12)16(17,18)19/h4,6,8-9,13,15,21H,2-3,5,7,10-11H2,1H3/t13-,15+/m0/s1. The van der Waals surface area contributed by atoms with Gasteiger partial charge in [-0.05, 0) is 43.9 Å². The Hall–Kier alpha value is -1.07. The Labute approximate surface area is 123 Å². The van der Waals surface area contributed by atoms with Gasteiger partial charge in [-0.15, -0.1) is 0 Å². The largest absolute Gasteiger partial charge is 0.416 e. The van der Waals surface area contributed by atoms with E-state index in [9.17, 15) is 18.3 Å². The molecule has 0 aromatic heterocycles. The number of benzene rings is 1. The highest BCUT2D eigenvalue weighted by Crippen LogP contribution is 2.30. The van der Waals surface area contributed by atoms with Gasteiger partial charge < -0.3 is 10.0 Å². The number of aryl methyl sites for hydroxylation is 1. The van der Waals surface area contributed by atoms with Crippen LogP contribution in [0, 0.1) is 5.92 Å². The number of alkyl halides is 3. The van der Waals surface area contributed by atoms with Gasteiger partial charge >= 0.3 is 6.18 Å². The van der Waals surface area contributed by atoms with Crippen LogP contribution < -0.4 is 0 Å². The van der Waals surface area contributed by atoms with Gasteiger partial charge in [0.1, 0.15) is 0 Å². The first-order valence-electron chi connectivity index (χ1n) is 7.39. The second kappa shape index (κ2) is 6.79. The Kier molecular flexibility index (Phi) is 5.27. The molecular weight excluding hydrogens is 279 g/mol. The Morgan fingerprint density at radius 1 is 1.24 bits per heavy atom. The van der Waals surface area contributed by atoms with Crippen LogP contribution in [0.3, 0.4) is 0 Å². The summed E-state index contributed by atoms with van der Waals surface area (Å²) in [6.07, 6.45) is -1.15. The molecule has 1 saturated heterocycles. The summed E-state index contributed by atoms with van der Waals surface area (Å²) in [5, 5.41) is 9.83. The molecule has 0 amide bonds. The Morgan fingerprint density at radius 3 is 2.62 bits per heavy atom. The van der Waals surface area contributed by atoms with Crippen LogP contribution in [0.5, 0.6) is 0 Å². The minimum Gasteiger partial charge on any atom is -0.391 e. The lowest BCUT2D eigenvalue weighted by Gasteiger charge is -2.13. The van der Waals surface area contributed by atoms with E-state index in [1.807, 2.05) is 7.05 Å². The number of likely N-dealkylation sites (N-methyl/N-ethyl adjacent to an activating group) is 1. The molecule has 21 heavy (non-hydrogen) atoms. The van der Waals surface area contributed by atoms with E-state index in [1.165, 1.54) is 12.1 Å². The summed E-state index contributed by atoms with van der Waals surface area (Å²) in [5.74, 6) is 0.302. The smallest absolute Gasteiger partial charge is 0.391 e. The van der Waals surface area contributed by atoms with Gasteiger partial charge in [-0.2, -0.15) is 13.2 Å². The van der Waals surface area contributed by atoms with Gasteiger partial charge in [0, 0.05) is 13.1 Å². The molecule has 1 heterocycles. The van der Waals surface area contributed by atoms with Crippen molar-refractivity contribution in [3.05, 3.63) is 35.4 Å². The van der Waals surface area contributed by atoms with E-state index >= 15 is 0 Å². The molecule has 1 aromatic carbocycles. The van der Waals surface area contributed by atoms with Gasteiger partial charge in [-0.25, -0.2) is 0 Å². The molecule has 1 aromatic rings. The molecule has 0 radical (unpaired) electrons. The van der Waals surface area contributed by atoms with Crippen molar-refractivity contribution in [3.8, 4) is 0 Å². The van der Waals surface area contributed by atoms with Crippen molar-refractivity contribution in [2.75, 3.05) is 20.1 Å². The number of aliphatic hydroxyl groups is 1. The van der Waals surface area contributed by atoms with Gasteiger partial charge in [0.2, 0.25) is 0 Å². The number of nitrogens with zero attached hydrogens (tertiary/aromatic N) is 1. The van der Waals surface area contributed by atoms with Crippen LogP contribution >= 0.6 is 0 Å². The Balaban J connectivity index is 1.76. The van der Waals surface area contributed by atoms with Crippen molar-refractivity contribution >= 4 is 0 Å². The molecule has 0 unspecified atom stereocenters. The second-order valence-electron chi connectivity index (χ2n) is 5.99. The topological polar surface area (TPSA) is 23.5 Å². The molecule has 1 fully saturated rings. The molecular formula is C16H22F3NO. The van der Waals surface area contributed by atoms with Crippen molar-refractivity contribution in [3.63, 3.8) is 0 Å². The van der Waals surface area contributed by atoms with E-state index < -0.39 is 11.7 Å². The lowest BCUT2D eigenvalue weighted by Crippen LogP contribution is -2.17. The maximum absolute atomic E-state index is 12.6. The SMILES string of the molecule is CN1C[C@H](CCCCc2cccc(C(F)(F)F)c2)[C@H](O)C1. The van der Waals surface area contributed by atoms with Gasteiger partial charge in [-0.3, -0.25) is 0 Å². The molecule has 5 heteroatoms. The second-order valence-corrected chi connectivity index (χ2v) is 5.99. The van der Waals surface area contributed by atoms with Crippen LogP contribution in [0.15, 0.2) is 24.3 Å². The number of hydrogen-bond donors (Lipinski definition) is 1. The fourth-order valence-electron chi connectivity index (χ4n) is 2.99. The number of unbranched alkanes of at least 4 members (excludes halogenated alkanes) is 1. The van der Waals surface area contributed by atoms with Gasteiger partial charge in [-0.1, -0.05) is 24.6 Å². The molecule has 2 atom stereocenters. The van der Waals surface area contributed by atoms with Crippen LogP contribution in [0.2, 0.25) is 0 Å². The molecule has 0 aliphatic carbocycles. The number of halogens is 3. The average Bonchev–Trinajstić information content (AvgIpc) is 2.72. The van der Waals surface area contributed by atoms with Gasteiger partial charge in [0.05, 0.1) is 11.7 Å². The lowest BCUT2D eigenvalue weighted by molar-refractivity contribution is -0.137. The monoisotopic (exact) mass is 301 g/mol. The lowest BCUT2D eigenvalue weighted by atomic mass is 9.97. The minimum atomic E-state index is -4.27. The Bertz CT molecular complexity index is 461. The Morgan fingerprint density at radius 2 is 2.00 bits per heavy atom. The van der Waals surface area contributed by atoms with Crippen LogP contribution in [0.1, 0.15) is 30.4 Å². The quantitative estimate of drug-likeness (QED) is 0.843. The van der Waals surface area contributed by atoms with Crippen molar-refractivity contribution in [1.29, 1.82) is 0 Å². The molecule has 0 spiro atoms. The van der Waals surface area contributed by atoms with E-state index in [2.05, 4.69) is 4.90 Å². The van der Waals surface area contributed by atoms with Crippen LogP contribution in [-0.2, 0) is 12.6 Å². The van der Waals surface area contributed by atoms with E-state index in [-0.39, 0.29) is 6.10 Å². The zero-order valence-electron chi connectivity index (χ0n) is 12.2. The van der Waals surface area contributed by atoms with Gasteiger partial charge in [0.25, 0.3) is 0 Å². The fourth-order valence-corrected chi connectivity index (χ4v) is 2.99. The molecule has 1 aliphatic heterocycles. The number of β-amino-alcohol motifs (C(OH)–C–C–N with tert-alkyl or cyclic N) is 1. The average molecular weight is 301 g/mol. The zero-order valence-corrected chi connectivity index (χ0v) is 12.2. The molecule has 1 N–H and O–H groups in total. The number of rotatable bonds is 5. The molecule has 0 saturated carbocycles. The van der Waals surface area contributed by atoms with E-state index in [0.717, 1.165) is 44.0 Å². The summed E-state index contributed by atoms with van der Waals surface area (Å²) in [6.45, 7) is 1.63. The van der Waals surface area contributed by atoms with Crippen LogP contribution in [-0.4, -0.2) is 36.2 Å². The van der Waals surface area contributed by atoms with Crippen molar-refractivity contribution < 1.29 is 18.3 Å². The molecule has 118 valence electrons. The third-order valence-corrected chi connectivity index (χ3v) is 4.13. The van der Waals surface area contributed by atoms with E-state index in [1.54, 1.807) is 6.07 Å². The predicted molar refractivity (Wildman–Crippen MR) is 76.0 cm³/mol. The number of likely N-dealkylation sites (tertiary alicyclic amines) is 1. The first-order valence-corrected chi connectivity index (χ1v) is 7.39. The van der Waals surface area contributed by atoms with E-state index in [4.69, 9.17) is 0 Å². The highest BCUT2D eigenvalue weighted by Gasteiger charge is 2.30. The molecule has 2 rings (SSSR count). The maximum Gasteiger partial charge on any atom is 0.416 e. The summed E-state index contributed by atoms with van der Waals surface area (Å²) >= 11 is 0. The maximum atomic E-state index is 12.6. The number of aliphatic hydroxyl groups excluding tert-OH is 1. The molecule has 1 aliphatic rings. The zero-order chi connectivity index (χ0) is 15.5. The van der Waals surface area contributed by atoms with Gasteiger partial charge in [0.15, 0.2) is 0 Å². The highest BCUT2D eigenvalue weighted by molar-refractivity contribution is 5.25. The summed E-state index contributed by atoms with van der Waals surface area (Å²) in [4.78, 5) is 2.11. The van der Waals surface area contributed by atoms with Crippen molar-refractivity contribution in [2.24, 2.45) is 5.92 Å². The first-order chi connectivity index (χ1) is 9.86. The summed E-state index contributed by atoms with van der Waals surface area (Å²) in [6, 6.07) is 5.55. The predicted octanol–water partition coefficient (Wildman–Crippen LogP) is 3.34. The van der Waals surface area contributed by atoms with Crippen LogP contribution in [0.4, 0.5) is 13.2 Å². The van der Waals surface area contributed by atoms with E-state index in [0.29, 0.717) is 12.3 Å².